The molecule has 1 aliphatic heterocycles. The summed E-state index contributed by atoms with van der Waals surface area (Å²) in [5.41, 5.74) is 5.81. The van der Waals surface area contributed by atoms with Crippen molar-refractivity contribution in [2.24, 2.45) is 17.6 Å². The number of nitrogens with zero attached hydrogens (tertiary/aromatic N) is 1. The van der Waals surface area contributed by atoms with E-state index < -0.39 is 6.04 Å². The number of nitrogens with two attached hydrogens (primary N) is 1. The van der Waals surface area contributed by atoms with Crippen LogP contribution < -0.4 is 11.1 Å². The van der Waals surface area contributed by atoms with Crippen LogP contribution in [0.2, 0.25) is 0 Å². The molecule has 0 radical (unpaired) electrons. The Hall–Kier alpha value is -0.810. The van der Waals surface area contributed by atoms with Gasteiger partial charge in [-0.05, 0) is 38.5 Å². The van der Waals surface area contributed by atoms with E-state index in [0.717, 1.165) is 45.1 Å². The average Bonchev–Trinajstić information content (AvgIpc) is 3.00. The zero-order valence-electron chi connectivity index (χ0n) is 13.7. The first-order valence-electron chi connectivity index (χ1n) is 8.33. The van der Waals surface area contributed by atoms with Crippen LogP contribution in [0.4, 0.5) is 0 Å². The summed E-state index contributed by atoms with van der Waals surface area (Å²) in [4.78, 5) is 26.6. The number of hydrogen-bond acceptors (Lipinski definition) is 3. The number of hydrogen-bond donors (Lipinski definition) is 2. The topological polar surface area (TPSA) is 75.4 Å². The summed E-state index contributed by atoms with van der Waals surface area (Å²) in [6.07, 6.45) is 6.15. The molecule has 0 aromatic rings. The molecule has 0 spiro atoms. The largest absolute Gasteiger partial charge is 0.344 e. The fraction of sp³-hybridized carbons (Fsp3) is 0.875. The van der Waals surface area contributed by atoms with E-state index in [-0.39, 0.29) is 36.2 Å². The fourth-order valence-electron chi connectivity index (χ4n) is 3.59. The van der Waals surface area contributed by atoms with Gasteiger partial charge in [0.05, 0.1) is 0 Å². The molecule has 2 aliphatic rings. The number of carbonyl (C=O) groups excluding carboxylic acids is 2. The Morgan fingerprint density at radius 3 is 2.50 bits per heavy atom. The van der Waals surface area contributed by atoms with Gasteiger partial charge in [-0.3, -0.25) is 9.59 Å². The summed E-state index contributed by atoms with van der Waals surface area (Å²) in [7, 11) is 0. The summed E-state index contributed by atoms with van der Waals surface area (Å²) in [6.45, 7) is 5.25. The molecule has 22 heavy (non-hydrogen) atoms. The van der Waals surface area contributed by atoms with Crippen LogP contribution in [-0.2, 0) is 9.59 Å². The van der Waals surface area contributed by atoms with Gasteiger partial charge in [0.15, 0.2) is 0 Å². The molecule has 1 heterocycles. The lowest BCUT2D eigenvalue weighted by Crippen LogP contribution is -2.55. The Morgan fingerprint density at radius 2 is 1.91 bits per heavy atom. The van der Waals surface area contributed by atoms with Gasteiger partial charge in [-0.2, -0.15) is 0 Å². The normalized spacial score (nSPS) is 27.1. The molecule has 2 rings (SSSR count). The Bertz CT molecular complexity index is 386. The Balaban J connectivity index is 0.00000242. The van der Waals surface area contributed by atoms with Gasteiger partial charge in [0, 0.05) is 25.0 Å². The van der Waals surface area contributed by atoms with Crippen LogP contribution in [0.5, 0.6) is 0 Å². The third kappa shape index (κ3) is 4.59. The molecular weight excluding hydrogens is 302 g/mol. The average molecular weight is 332 g/mol. The molecule has 128 valence electrons. The van der Waals surface area contributed by atoms with Gasteiger partial charge < -0.3 is 16.0 Å². The molecule has 3 atom stereocenters. The smallest absolute Gasteiger partial charge is 0.245 e. The minimum absolute atomic E-state index is 0. The van der Waals surface area contributed by atoms with Crippen molar-refractivity contribution < 1.29 is 9.59 Å². The molecule has 1 saturated heterocycles. The quantitative estimate of drug-likeness (QED) is 0.823. The van der Waals surface area contributed by atoms with Gasteiger partial charge in [-0.15, -0.1) is 12.4 Å². The first kappa shape index (κ1) is 19.2. The maximum absolute atomic E-state index is 12.6. The molecule has 1 saturated carbocycles. The van der Waals surface area contributed by atoms with E-state index in [1.165, 1.54) is 0 Å². The van der Waals surface area contributed by atoms with Crippen LogP contribution >= 0.6 is 12.4 Å². The lowest BCUT2D eigenvalue weighted by Gasteiger charge is -2.39. The second kappa shape index (κ2) is 8.73. The molecule has 5 nitrogen and oxygen atoms in total. The Kier molecular flexibility index (Phi) is 7.63. The summed E-state index contributed by atoms with van der Waals surface area (Å²) in [5.74, 6) is 0.782. The Morgan fingerprint density at radius 1 is 1.27 bits per heavy atom. The van der Waals surface area contributed by atoms with Crippen molar-refractivity contribution in [1.29, 1.82) is 0 Å². The predicted molar refractivity (Wildman–Crippen MR) is 89.8 cm³/mol. The molecule has 1 aliphatic carbocycles. The van der Waals surface area contributed by atoms with Crippen LogP contribution in [0, 0.1) is 11.8 Å². The maximum Gasteiger partial charge on any atom is 0.245 e. The number of piperidine rings is 1. The van der Waals surface area contributed by atoms with Crippen molar-refractivity contribution in [3.05, 3.63) is 0 Å². The van der Waals surface area contributed by atoms with E-state index in [1.807, 2.05) is 4.90 Å². The van der Waals surface area contributed by atoms with Gasteiger partial charge in [0.25, 0.3) is 0 Å². The van der Waals surface area contributed by atoms with E-state index in [9.17, 15) is 9.59 Å². The highest BCUT2D eigenvalue weighted by Gasteiger charge is 2.33. The highest BCUT2D eigenvalue weighted by atomic mass is 35.5. The van der Waals surface area contributed by atoms with E-state index in [2.05, 4.69) is 12.2 Å². The second-order valence-corrected chi connectivity index (χ2v) is 6.76. The molecule has 0 aromatic heterocycles. The molecule has 3 N–H and O–H groups in total. The van der Waals surface area contributed by atoms with E-state index >= 15 is 0 Å². The van der Waals surface area contributed by atoms with Crippen molar-refractivity contribution in [2.45, 2.75) is 64.5 Å². The minimum atomic E-state index is -0.444. The minimum Gasteiger partial charge on any atom is -0.344 e. The van der Waals surface area contributed by atoms with Gasteiger partial charge in [-0.25, -0.2) is 0 Å². The standard InChI is InChI=1S/C16H29N3O2.ClH/c1-11-7-8-19(14(9-11)10-17)16(21)12(2)18-15(20)13-5-3-4-6-13;/h11-14H,3-10,17H2,1-2H3,(H,18,20);1H. The summed E-state index contributed by atoms with van der Waals surface area (Å²) >= 11 is 0. The Labute approximate surface area is 139 Å². The monoisotopic (exact) mass is 331 g/mol. The lowest BCUT2D eigenvalue weighted by atomic mass is 9.92. The number of rotatable bonds is 4. The molecule has 0 bridgehead atoms. The van der Waals surface area contributed by atoms with Crippen LogP contribution in [0.1, 0.15) is 52.4 Å². The summed E-state index contributed by atoms with van der Waals surface area (Å²) < 4.78 is 0. The third-order valence-electron chi connectivity index (χ3n) is 4.99. The fourth-order valence-corrected chi connectivity index (χ4v) is 3.59. The van der Waals surface area contributed by atoms with Crippen LogP contribution in [0.15, 0.2) is 0 Å². The first-order chi connectivity index (χ1) is 10.0. The van der Waals surface area contributed by atoms with Crippen molar-refractivity contribution in [3.8, 4) is 0 Å². The number of carbonyl (C=O) groups is 2. The first-order valence-corrected chi connectivity index (χ1v) is 8.33. The van der Waals surface area contributed by atoms with Crippen molar-refractivity contribution >= 4 is 24.2 Å². The second-order valence-electron chi connectivity index (χ2n) is 6.76. The van der Waals surface area contributed by atoms with E-state index in [4.69, 9.17) is 5.73 Å². The predicted octanol–water partition coefficient (Wildman–Crippen LogP) is 1.69. The number of nitrogens with one attached hydrogen (secondary N) is 1. The maximum atomic E-state index is 12.6. The van der Waals surface area contributed by atoms with Gasteiger partial charge >= 0.3 is 0 Å². The molecular formula is C16H30ClN3O2. The molecule has 2 fully saturated rings. The van der Waals surface area contributed by atoms with E-state index in [0.29, 0.717) is 12.5 Å². The molecule has 0 aromatic carbocycles. The zero-order valence-corrected chi connectivity index (χ0v) is 14.5. The SMILES string of the molecule is CC1CCN(C(=O)C(C)NC(=O)C2CCCC2)C(CN)C1.Cl. The van der Waals surface area contributed by atoms with Crippen LogP contribution in [0.3, 0.4) is 0 Å². The molecule has 2 amide bonds. The molecule has 3 unspecified atom stereocenters. The van der Waals surface area contributed by atoms with Crippen molar-refractivity contribution in [2.75, 3.05) is 13.1 Å². The summed E-state index contributed by atoms with van der Waals surface area (Å²) in [6, 6.07) is -0.326. The van der Waals surface area contributed by atoms with Crippen molar-refractivity contribution in [1.82, 2.24) is 10.2 Å². The van der Waals surface area contributed by atoms with Gasteiger partial charge in [0.1, 0.15) is 6.04 Å². The zero-order chi connectivity index (χ0) is 15.4. The number of likely N-dealkylation sites (tertiary alicyclic amines) is 1. The summed E-state index contributed by atoms with van der Waals surface area (Å²) in [5, 5.41) is 2.90. The highest BCUT2D eigenvalue weighted by Crippen LogP contribution is 2.25. The molecule has 6 heteroatoms. The highest BCUT2D eigenvalue weighted by molar-refractivity contribution is 5.88. The number of halogens is 1. The number of amides is 2. The van der Waals surface area contributed by atoms with Crippen LogP contribution in [-0.4, -0.2) is 41.9 Å². The van der Waals surface area contributed by atoms with E-state index in [1.54, 1.807) is 6.92 Å². The van der Waals surface area contributed by atoms with Crippen LogP contribution in [0.25, 0.3) is 0 Å². The van der Waals surface area contributed by atoms with Gasteiger partial charge in [-0.1, -0.05) is 19.8 Å². The lowest BCUT2D eigenvalue weighted by molar-refractivity contribution is -0.140. The van der Waals surface area contributed by atoms with Gasteiger partial charge in [0.2, 0.25) is 11.8 Å². The third-order valence-corrected chi connectivity index (χ3v) is 4.99. The van der Waals surface area contributed by atoms with Crippen molar-refractivity contribution in [3.63, 3.8) is 0 Å².